The second-order valence-corrected chi connectivity index (χ2v) is 12.9. The maximum Gasteiger partial charge on any atom is 0.389 e. The third kappa shape index (κ3) is 11.7. The van der Waals surface area contributed by atoms with Crippen LogP contribution in [-0.4, -0.2) is 48.9 Å². The van der Waals surface area contributed by atoms with Gasteiger partial charge in [-0.15, -0.1) is 0 Å². The van der Waals surface area contributed by atoms with Crippen molar-refractivity contribution < 1.29 is 26.3 Å². The zero-order valence-corrected chi connectivity index (χ0v) is 13.0. The highest BCUT2D eigenvalue weighted by atomic mass is 32.3. The van der Waals surface area contributed by atoms with Gasteiger partial charge in [-0.3, -0.25) is 0 Å². The largest absolute Gasteiger partial charge is 0.389 e. The third-order valence-corrected chi connectivity index (χ3v) is 8.30. The minimum absolute atomic E-state index is 0.0705. The summed E-state index contributed by atoms with van der Waals surface area (Å²) in [6, 6.07) is 0. The molecule has 0 unspecified atom stereocenters. The summed E-state index contributed by atoms with van der Waals surface area (Å²) in [6.45, 7) is 0. The Hall–Kier alpha value is 0.240. The lowest BCUT2D eigenvalue weighted by molar-refractivity contribution is -0.130. The van der Waals surface area contributed by atoms with Crippen molar-refractivity contribution in [3.8, 4) is 0 Å². The molecule has 0 fully saturated rings. The van der Waals surface area contributed by atoms with E-state index >= 15 is 0 Å². The third-order valence-electron chi connectivity index (χ3n) is 2.24. The highest BCUT2D eigenvalue weighted by Gasteiger charge is 2.33. The van der Waals surface area contributed by atoms with E-state index in [0.29, 0.717) is 0 Å². The minimum atomic E-state index is -4.22. The zero-order valence-electron chi connectivity index (χ0n) is 11.4. The molecule has 0 aromatic carbocycles. The first kappa shape index (κ1) is 19.2. The van der Waals surface area contributed by atoms with Crippen LogP contribution in [0.4, 0.5) is 26.3 Å². The molecule has 0 aliphatic carbocycles. The standard InChI is InChI=1S/C10H21F6NS2/c1-18(2,7-5-9(11,12)13)17-19(3,4)8-6-10(14,15)16/h17H,5-8H2,1-4H3. The summed E-state index contributed by atoms with van der Waals surface area (Å²) < 4.78 is 76.0. The predicted octanol–water partition coefficient (Wildman–Crippen LogP) is 4.44. The average Bonchev–Trinajstić information content (AvgIpc) is 2.09. The Morgan fingerprint density at radius 3 is 1.16 bits per heavy atom. The number of halogens is 6. The molecule has 120 valence electrons. The maximum absolute atomic E-state index is 12.2. The van der Waals surface area contributed by atoms with Crippen LogP contribution in [-0.2, 0) is 0 Å². The van der Waals surface area contributed by atoms with Crippen LogP contribution < -0.4 is 4.13 Å². The molecule has 1 N–H and O–H groups in total. The van der Waals surface area contributed by atoms with Crippen molar-refractivity contribution in [2.45, 2.75) is 25.2 Å². The van der Waals surface area contributed by atoms with Gasteiger partial charge in [-0.1, -0.05) is 0 Å². The van der Waals surface area contributed by atoms with Gasteiger partial charge in [0.1, 0.15) is 0 Å². The summed E-state index contributed by atoms with van der Waals surface area (Å²) in [5.41, 5.74) is 0. The first-order valence-electron chi connectivity index (χ1n) is 5.46. The molecule has 0 spiro atoms. The molecule has 0 radical (unpaired) electrons. The Labute approximate surface area is 113 Å². The molecule has 19 heavy (non-hydrogen) atoms. The second kappa shape index (κ2) is 6.34. The fourth-order valence-electron chi connectivity index (χ4n) is 1.44. The number of alkyl halides is 6. The molecule has 0 aromatic heterocycles. The highest BCUT2D eigenvalue weighted by molar-refractivity contribution is 8.45. The van der Waals surface area contributed by atoms with Crippen molar-refractivity contribution in [1.29, 1.82) is 0 Å². The van der Waals surface area contributed by atoms with E-state index in [0.717, 1.165) is 0 Å². The minimum Gasteiger partial charge on any atom is -0.245 e. The van der Waals surface area contributed by atoms with Gasteiger partial charge >= 0.3 is 12.4 Å². The molecule has 0 aliphatic rings. The van der Waals surface area contributed by atoms with Crippen LogP contribution >= 0.6 is 20.4 Å². The Morgan fingerprint density at radius 2 is 0.947 bits per heavy atom. The molecule has 1 nitrogen and oxygen atoms in total. The van der Waals surface area contributed by atoms with Gasteiger partial charge in [0.2, 0.25) is 0 Å². The summed E-state index contributed by atoms with van der Waals surface area (Å²) >= 11 is 0. The Kier molecular flexibility index (Phi) is 6.42. The molecular formula is C10H21F6NS2. The monoisotopic (exact) mass is 333 g/mol. The fourth-order valence-corrected chi connectivity index (χ4v) is 8.47. The second-order valence-electron chi connectivity index (χ2n) is 5.30. The summed E-state index contributed by atoms with van der Waals surface area (Å²) in [6.07, 6.45) is -3.59. The molecule has 0 saturated heterocycles. The molecule has 0 aromatic rings. The lowest BCUT2D eigenvalue weighted by Crippen LogP contribution is -2.29. The lowest BCUT2D eigenvalue weighted by Gasteiger charge is -2.44. The molecule has 0 amide bonds. The SMILES string of the molecule is CS(C)(CCC(F)(F)F)NS(C)(C)CCC(F)(F)F. The van der Waals surface area contributed by atoms with E-state index in [1.807, 2.05) is 0 Å². The Balaban J connectivity index is 4.37. The van der Waals surface area contributed by atoms with Gasteiger partial charge in [0, 0.05) is 0 Å². The summed E-state index contributed by atoms with van der Waals surface area (Å²) in [5.74, 6) is -0.141. The van der Waals surface area contributed by atoms with Crippen LogP contribution in [0.25, 0.3) is 0 Å². The van der Waals surface area contributed by atoms with Gasteiger partial charge in [0.15, 0.2) is 0 Å². The molecular weight excluding hydrogens is 312 g/mol. The van der Waals surface area contributed by atoms with Crippen LogP contribution in [0.15, 0.2) is 0 Å². The van der Waals surface area contributed by atoms with Gasteiger partial charge in [0.25, 0.3) is 0 Å². The van der Waals surface area contributed by atoms with Gasteiger partial charge in [-0.05, 0) is 36.5 Å². The number of nitrogens with one attached hydrogen (secondary N) is 1. The van der Waals surface area contributed by atoms with E-state index in [-0.39, 0.29) is 11.5 Å². The number of rotatable bonds is 6. The van der Waals surface area contributed by atoms with E-state index in [4.69, 9.17) is 0 Å². The van der Waals surface area contributed by atoms with Gasteiger partial charge in [0.05, 0.1) is 12.8 Å². The van der Waals surface area contributed by atoms with Crippen LogP contribution in [0.3, 0.4) is 0 Å². The van der Waals surface area contributed by atoms with E-state index in [1.165, 1.54) is 0 Å². The first-order chi connectivity index (χ1) is 8.12. The quantitative estimate of drug-likeness (QED) is 0.709. The Morgan fingerprint density at radius 1 is 0.684 bits per heavy atom. The number of hydrogen-bond acceptors (Lipinski definition) is 1. The van der Waals surface area contributed by atoms with Crippen LogP contribution in [0.2, 0.25) is 0 Å². The van der Waals surface area contributed by atoms with Crippen molar-refractivity contribution >= 4 is 20.4 Å². The number of hydrogen-bond donors (Lipinski definition) is 1. The van der Waals surface area contributed by atoms with Crippen LogP contribution in [0.1, 0.15) is 12.8 Å². The van der Waals surface area contributed by atoms with Crippen molar-refractivity contribution in [2.75, 3.05) is 36.5 Å². The predicted molar refractivity (Wildman–Crippen MR) is 73.1 cm³/mol. The topological polar surface area (TPSA) is 12.0 Å². The Bertz CT molecular complexity index is 257. The summed E-state index contributed by atoms with van der Waals surface area (Å²) in [5, 5.41) is 0. The van der Waals surface area contributed by atoms with Gasteiger partial charge < -0.3 is 0 Å². The van der Waals surface area contributed by atoms with E-state index in [9.17, 15) is 26.3 Å². The van der Waals surface area contributed by atoms with Crippen molar-refractivity contribution in [2.24, 2.45) is 0 Å². The summed E-state index contributed by atoms with van der Waals surface area (Å²) in [4.78, 5) is 0. The summed E-state index contributed by atoms with van der Waals surface area (Å²) in [7, 11) is -3.48. The van der Waals surface area contributed by atoms with Gasteiger partial charge in [-0.25, -0.2) is 4.13 Å². The highest BCUT2D eigenvalue weighted by Crippen LogP contribution is 2.51. The first-order valence-corrected chi connectivity index (χ1v) is 10.7. The molecule has 0 atom stereocenters. The van der Waals surface area contributed by atoms with E-state index in [2.05, 4.69) is 4.13 Å². The average molecular weight is 333 g/mol. The van der Waals surface area contributed by atoms with Crippen LogP contribution in [0, 0.1) is 0 Å². The molecule has 9 heteroatoms. The van der Waals surface area contributed by atoms with E-state index < -0.39 is 45.6 Å². The normalized spacial score (nSPS) is 16.5. The van der Waals surface area contributed by atoms with E-state index in [1.54, 1.807) is 25.0 Å². The van der Waals surface area contributed by atoms with Crippen molar-refractivity contribution in [1.82, 2.24) is 4.13 Å². The maximum atomic E-state index is 12.2. The van der Waals surface area contributed by atoms with Gasteiger partial charge in [-0.2, -0.15) is 46.8 Å². The molecule has 0 saturated carbocycles. The fraction of sp³-hybridized carbons (Fsp3) is 1.00. The molecule has 0 aliphatic heterocycles. The molecule has 0 rings (SSSR count). The molecule has 0 heterocycles. The van der Waals surface area contributed by atoms with Crippen molar-refractivity contribution in [3.63, 3.8) is 0 Å². The smallest absolute Gasteiger partial charge is 0.245 e. The lowest BCUT2D eigenvalue weighted by atomic mass is 10.5. The van der Waals surface area contributed by atoms with Crippen molar-refractivity contribution in [3.05, 3.63) is 0 Å². The van der Waals surface area contributed by atoms with Crippen LogP contribution in [0.5, 0.6) is 0 Å². The molecule has 0 bridgehead atoms. The zero-order chi connectivity index (χ0) is 15.5.